The highest BCUT2D eigenvalue weighted by Crippen LogP contribution is 2.32. The Bertz CT molecular complexity index is 1180. The fourth-order valence-corrected chi connectivity index (χ4v) is 6.82. The molecule has 3 aromatic rings. The minimum atomic E-state index is -3.12. The van der Waals surface area contributed by atoms with E-state index in [1.807, 2.05) is 54.6 Å². The maximum absolute atomic E-state index is 13.1. The molecule has 1 amide bonds. The number of methoxy groups -OCH3 is 1. The Morgan fingerprint density at radius 3 is 2.66 bits per heavy atom. The largest absolute Gasteiger partial charge is 0.495 e. The molecule has 1 saturated heterocycles. The van der Waals surface area contributed by atoms with Crippen molar-refractivity contribution in [1.82, 2.24) is 10.2 Å². The predicted octanol–water partition coefficient (Wildman–Crippen LogP) is 3.60. The molecule has 4 rings (SSSR count). The van der Waals surface area contributed by atoms with E-state index in [0.29, 0.717) is 27.3 Å². The van der Waals surface area contributed by atoms with Crippen LogP contribution in [-0.2, 0) is 14.6 Å². The topological polar surface area (TPSA) is 101 Å². The summed E-state index contributed by atoms with van der Waals surface area (Å²) in [4.78, 5) is 14.7. The molecule has 2 heterocycles. The Balaban J connectivity index is 1.43. The molecule has 0 radical (unpaired) electrons. The second-order valence-electron chi connectivity index (χ2n) is 7.14. The summed E-state index contributed by atoms with van der Waals surface area (Å²) < 4.78 is 30.0. The number of carbonyl (C=O) groups is 1. The highest BCUT2D eigenvalue weighted by Gasteiger charge is 2.35. The lowest BCUT2D eigenvalue weighted by atomic mass is 10.2. The van der Waals surface area contributed by atoms with Crippen LogP contribution in [0.25, 0.3) is 0 Å². The molecule has 1 fully saturated rings. The Morgan fingerprint density at radius 2 is 1.94 bits per heavy atom. The first-order valence-electron chi connectivity index (χ1n) is 9.89. The number of nitrogens with zero attached hydrogens (tertiary/aromatic N) is 3. The molecule has 11 heteroatoms. The fourth-order valence-electron chi connectivity index (χ4n) is 3.50. The summed E-state index contributed by atoms with van der Waals surface area (Å²) in [5.74, 6) is 0.768. The van der Waals surface area contributed by atoms with Crippen molar-refractivity contribution in [3.05, 3.63) is 54.6 Å². The summed E-state index contributed by atoms with van der Waals surface area (Å²) in [6.45, 7) is 0. The van der Waals surface area contributed by atoms with Crippen LogP contribution in [0.5, 0.6) is 5.75 Å². The molecule has 1 N–H and O–H groups in total. The first kappa shape index (κ1) is 22.6. The van der Waals surface area contributed by atoms with Crippen LogP contribution in [0.15, 0.2) is 58.9 Å². The van der Waals surface area contributed by atoms with Gasteiger partial charge in [-0.3, -0.25) is 4.79 Å². The second kappa shape index (κ2) is 9.88. The number of amides is 1. The van der Waals surface area contributed by atoms with Gasteiger partial charge in [0.15, 0.2) is 14.2 Å². The summed E-state index contributed by atoms with van der Waals surface area (Å²) in [5.41, 5.74) is 1.48. The van der Waals surface area contributed by atoms with Gasteiger partial charge in [-0.2, -0.15) is 0 Å². The Hall–Kier alpha value is -2.63. The molecule has 0 saturated carbocycles. The van der Waals surface area contributed by atoms with Crippen molar-refractivity contribution in [3.8, 4) is 5.75 Å². The standard InChI is InChI=1S/C21H22N4O4S3/c1-29-18-10-6-5-9-17(18)22-20-23-24-21(31-20)30-13-19(26)25(15-7-3-2-4-8-15)16-11-12-32(27,28)14-16/h2-10,16H,11-14H2,1H3,(H,22,23)/t16-/m0/s1. The van der Waals surface area contributed by atoms with Crippen molar-refractivity contribution in [1.29, 1.82) is 0 Å². The number of carbonyl (C=O) groups excluding carboxylic acids is 1. The van der Waals surface area contributed by atoms with E-state index in [9.17, 15) is 13.2 Å². The highest BCUT2D eigenvalue weighted by atomic mass is 32.2. The van der Waals surface area contributed by atoms with Crippen molar-refractivity contribution in [2.24, 2.45) is 0 Å². The van der Waals surface area contributed by atoms with Gasteiger partial charge in [0.1, 0.15) is 5.75 Å². The average molecular weight is 491 g/mol. The van der Waals surface area contributed by atoms with Gasteiger partial charge in [0, 0.05) is 5.69 Å². The van der Waals surface area contributed by atoms with Crippen LogP contribution in [0.3, 0.4) is 0 Å². The normalized spacial score (nSPS) is 17.1. The summed E-state index contributed by atoms with van der Waals surface area (Å²) in [5, 5.41) is 12.1. The third kappa shape index (κ3) is 5.40. The molecule has 1 aliphatic heterocycles. The molecule has 8 nitrogen and oxygen atoms in total. The summed E-state index contributed by atoms with van der Waals surface area (Å²) >= 11 is 2.62. The molecule has 1 atom stereocenters. The number of hydrogen-bond acceptors (Lipinski definition) is 9. The van der Waals surface area contributed by atoms with Gasteiger partial charge >= 0.3 is 0 Å². The maximum atomic E-state index is 13.1. The van der Waals surface area contributed by atoms with E-state index in [1.165, 1.54) is 23.1 Å². The van der Waals surface area contributed by atoms with Crippen LogP contribution in [0, 0.1) is 0 Å². The SMILES string of the molecule is COc1ccccc1Nc1nnc(SCC(=O)N(c2ccccc2)[C@H]2CCS(=O)(=O)C2)s1. The Kier molecular flexibility index (Phi) is 6.97. The number of anilines is 3. The molecule has 1 aromatic heterocycles. The number of hydrogen-bond donors (Lipinski definition) is 1. The molecular weight excluding hydrogens is 468 g/mol. The maximum Gasteiger partial charge on any atom is 0.237 e. The van der Waals surface area contributed by atoms with Gasteiger partial charge in [-0.05, 0) is 30.7 Å². The zero-order chi connectivity index (χ0) is 22.6. The van der Waals surface area contributed by atoms with Crippen molar-refractivity contribution >= 4 is 55.3 Å². The molecule has 32 heavy (non-hydrogen) atoms. The van der Waals surface area contributed by atoms with E-state index in [4.69, 9.17) is 4.74 Å². The van der Waals surface area contributed by atoms with E-state index in [0.717, 1.165) is 5.69 Å². The van der Waals surface area contributed by atoms with Gasteiger partial charge in [-0.25, -0.2) is 8.42 Å². The average Bonchev–Trinajstić information content (AvgIpc) is 3.39. The zero-order valence-corrected chi connectivity index (χ0v) is 19.8. The first-order chi connectivity index (χ1) is 15.4. The number of benzene rings is 2. The minimum Gasteiger partial charge on any atom is -0.495 e. The quantitative estimate of drug-likeness (QED) is 0.478. The smallest absolute Gasteiger partial charge is 0.237 e. The summed E-state index contributed by atoms with van der Waals surface area (Å²) in [7, 11) is -1.52. The van der Waals surface area contributed by atoms with Crippen molar-refractivity contribution in [3.63, 3.8) is 0 Å². The first-order valence-corrected chi connectivity index (χ1v) is 13.5. The van der Waals surface area contributed by atoms with Gasteiger partial charge in [-0.15, -0.1) is 10.2 Å². The number of thioether (sulfide) groups is 1. The number of para-hydroxylation sites is 3. The molecule has 168 valence electrons. The lowest BCUT2D eigenvalue weighted by Crippen LogP contribution is -2.42. The third-order valence-electron chi connectivity index (χ3n) is 4.95. The van der Waals surface area contributed by atoms with Crippen LogP contribution in [0.2, 0.25) is 0 Å². The van der Waals surface area contributed by atoms with Crippen LogP contribution in [-0.4, -0.2) is 54.9 Å². The fraction of sp³-hybridized carbons (Fsp3) is 0.286. The highest BCUT2D eigenvalue weighted by molar-refractivity contribution is 8.01. The minimum absolute atomic E-state index is 0.00984. The zero-order valence-electron chi connectivity index (χ0n) is 17.3. The van der Waals surface area contributed by atoms with Crippen LogP contribution < -0.4 is 15.0 Å². The molecular formula is C21H22N4O4S3. The molecule has 2 aromatic carbocycles. The van der Waals surface area contributed by atoms with Crippen LogP contribution in [0.1, 0.15) is 6.42 Å². The van der Waals surface area contributed by atoms with E-state index in [1.54, 1.807) is 12.0 Å². The molecule has 0 spiro atoms. The lowest BCUT2D eigenvalue weighted by Gasteiger charge is -2.28. The number of ether oxygens (including phenoxy) is 1. The van der Waals surface area contributed by atoms with Crippen molar-refractivity contribution < 1.29 is 17.9 Å². The predicted molar refractivity (Wildman–Crippen MR) is 128 cm³/mol. The molecule has 0 unspecified atom stereocenters. The van der Waals surface area contributed by atoms with Gasteiger partial charge in [0.05, 0.1) is 36.1 Å². The molecule has 0 aliphatic carbocycles. The van der Waals surface area contributed by atoms with Gasteiger partial charge in [0.25, 0.3) is 0 Å². The van der Waals surface area contributed by atoms with E-state index in [2.05, 4.69) is 15.5 Å². The van der Waals surface area contributed by atoms with E-state index >= 15 is 0 Å². The van der Waals surface area contributed by atoms with Gasteiger partial charge in [0.2, 0.25) is 11.0 Å². The third-order valence-corrected chi connectivity index (χ3v) is 8.66. The van der Waals surface area contributed by atoms with Gasteiger partial charge < -0.3 is 15.0 Å². The number of rotatable bonds is 8. The summed E-state index contributed by atoms with van der Waals surface area (Å²) in [6.07, 6.45) is 0.444. The molecule has 1 aliphatic rings. The summed E-state index contributed by atoms with van der Waals surface area (Å²) in [6, 6.07) is 16.3. The monoisotopic (exact) mass is 490 g/mol. The van der Waals surface area contributed by atoms with Crippen molar-refractivity contribution in [2.45, 2.75) is 16.8 Å². The number of nitrogens with one attached hydrogen (secondary N) is 1. The van der Waals surface area contributed by atoms with E-state index < -0.39 is 9.84 Å². The van der Waals surface area contributed by atoms with Gasteiger partial charge in [-0.1, -0.05) is 53.4 Å². The molecule has 0 bridgehead atoms. The number of sulfone groups is 1. The second-order valence-corrected chi connectivity index (χ2v) is 11.6. The Morgan fingerprint density at radius 1 is 1.19 bits per heavy atom. The van der Waals surface area contributed by atoms with Crippen molar-refractivity contribution in [2.75, 3.05) is 34.6 Å². The lowest BCUT2D eigenvalue weighted by molar-refractivity contribution is -0.116. The Labute approximate surface area is 194 Å². The van der Waals surface area contributed by atoms with Crippen LogP contribution in [0.4, 0.5) is 16.5 Å². The number of aromatic nitrogens is 2. The van der Waals surface area contributed by atoms with Crippen LogP contribution >= 0.6 is 23.1 Å². The van der Waals surface area contributed by atoms with E-state index in [-0.39, 0.29) is 29.2 Å².